The van der Waals surface area contributed by atoms with Crippen molar-refractivity contribution in [2.45, 2.75) is 19.8 Å². The van der Waals surface area contributed by atoms with Crippen LogP contribution >= 0.6 is 24.0 Å². The van der Waals surface area contributed by atoms with Crippen molar-refractivity contribution in [2.24, 2.45) is 10.9 Å². The quantitative estimate of drug-likeness (QED) is 0.373. The lowest BCUT2D eigenvalue weighted by Gasteiger charge is -2.27. The molecular weight excluding hydrogens is 427 g/mol. The first kappa shape index (κ1) is 22.2. The van der Waals surface area contributed by atoms with Gasteiger partial charge in [0.2, 0.25) is 0 Å². The number of benzene rings is 1. The number of rotatable bonds is 7. The number of nitrogens with zero attached hydrogens (tertiary/aromatic N) is 2. The number of halogens is 1. The summed E-state index contributed by atoms with van der Waals surface area (Å²) in [4.78, 5) is 6.77. The topological polar surface area (TPSA) is 48.9 Å². The van der Waals surface area contributed by atoms with E-state index >= 15 is 0 Å². The molecule has 25 heavy (non-hydrogen) atoms. The van der Waals surface area contributed by atoms with Crippen LogP contribution in [0.2, 0.25) is 0 Å². The number of hydrogen-bond donors (Lipinski definition) is 2. The molecule has 1 fully saturated rings. The lowest BCUT2D eigenvalue weighted by atomic mass is 9.88. The lowest BCUT2D eigenvalue weighted by Crippen LogP contribution is -2.45. The van der Waals surface area contributed by atoms with Gasteiger partial charge in [0.15, 0.2) is 5.96 Å². The van der Waals surface area contributed by atoms with Crippen LogP contribution in [0.15, 0.2) is 35.3 Å². The van der Waals surface area contributed by atoms with Gasteiger partial charge in [0.1, 0.15) is 0 Å². The molecule has 0 aliphatic carbocycles. The Morgan fingerprint density at radius 2 is 1.84 bits per heavy atom. The third kappa shape index (κ3) is 7.92. The van der Waals surface area contributed by atoms with E-state index in [4.69, 9.17) is 4.74 Å². The van der Waals surface area contributed by atoms with E-state index in [1.165, 1.54) is 5.56 Å². The van der Waals surface area contributed by atoms with Gasteiger partial charge in [-0.3, -0.25) is 9.89 Å². The first-order valence-corrected chi connectivity index (χ1v) is 9.00. The van der Waals surface area contributed by atoms with Crippen molar-refractivity contribution in [3.8, 4) is 0 Å². The van der Waals surface area contributed by atoms with Crippen LogP contribution in [0.1, 0.15) is 25.3 Å². The summed E-state index contributed by atoms with van der Waals surface area (Å²) >= 11 is 0. The van der Waals surface area contributed by atoms with E-state index in [9.17, 15) is 0 Å². The van der Waals surface area contributed by atoms with Crippen LogP contribution < -0.4 is 10.6 Å². The highest BCUT2D eigenvalue weighted by Gasteiger charge is 2.16. The van der Waals surface area contributed by atoms with Gasteiger partial charge in [0.05, 0.1) is 13.2 Å². The lowest BCUT2D eigenvalue weighted by molar-refractivity contribution is 0.0389. The standard InChI is InChI=1S/C19H32N4O.HI/c1-16(2)18(17-7-5-4-6-8-17)15-22-19(20-3)21-9-10-23-11-13-24-14-12-23;/h4-8,16,18H,9-15H2,1-3H3,(H2,20,21,22);1H. The van der Waals surface area contributed by atoms with E-state index in [0.717, 1.165) is 51.9 Å². The van der Waals surface area contributed by atoms with Gasteiger partial charge in [0, 0.05) is 45.7 Å². The maximum atomic E-state index is 5.38. The summed E-state index contributed by atoms with van der Waals surface area (Å²) in [6, 6.07) is 10.7. The molecule has 0 spiro atoms. The molecule has 1 aromatic carbocycles. The smallest absolute Gasteiger partial charge is 0.191 e. The average Bonchev–Trinajstić information content (AvgIpc) is 2.62. The maximum absolute atomic E-state index is 5.38. The molecule has 6 heteroatoms. The van der Waals surface area contributed by atoms with Crippen LogP contribution in [-0.2, 0) is 4.74 Å². The fourth-order valence-corrected chi connectivity index (χ4v) is 3.02. The molecule has 0 saturated carbocycles. The summed E-state index contributed by atoms with van der Waals surface area (Å²) in [6.45, 7) is 11.1. The second-order valence-corrected chi connectivity index (χ2v) is 6.60. The number of aliphatic imine (C=N–C) groups is 1. The minimum atomic E-state index is 0. The van der Waals surface area contributed by atoms with Gasteiger partial charge in [-0.15, -0.1) is 24.0 Å². The molecule has 0 aromatic heterocycles. The van der Waals surface area contributed by atoms with E-state index in [-0.39, 0.29) is 24.0 Å². The minimum absolute atomic E-state index is 0. The van der Waals surface area contributed by atoms with Crippen LogP contribution in [0.5, 0.6) is 0 Å². The first-order chi connectivity index (χ1) is 11.7. The Hall–Kier alpha value is -0.860. The van der Waals surface area contributed by atoms with Gasteiger partial charge in [-0.05, 0) is 11.5 Å². The van der Waals surface area contributed by atoms with Crippen molar-refractivity contribution < 1.29 is 4.74 Å². The molecular formula is C19H33IN4O. The van der Waals surface area contributed by atoms with Crippen molar-refractivity contribution in [2.75, 3.05) is 53.0 Å². The fraction of sp³-hybridized carbons (Fsp3) is 0.632. The second-order valence-electron chi connectivity index (χ2n) is 6.60. The van der Waals surface area contributed by atoms with Gasteiger partial charge in [0.25, 0.3) is 0 Å². The Kier molecular flexibility index (Phi) is 11.1. The molecule has 1 aliphatic rings. The highest BCUT2D eigenvalue weighted by Crippen LogP contribution is 2.23. The molecule has 1 aromatic rings. The summed E-state index contributed by atoms with van der Waals surface area (Å²) in [7, 11) is 1.83. The summed E-state index contributed by atoms with van der Waals surface area (Å²) in [5.74, 6) is 1.93. The molecule has 1 heterocycles. The van der Waals surface area contributed by atoms with Crippen LogP contribution in [0.3, 0.4) is 0 Å². The van der Waals surface area contributed by atoms with E-state index in [1.807, 2.05) is 7.05 Å². The normalized spacial score (nSPS) is 17.0. The number of ether oxygens (including phenoxy) is 1. The largest absolute Gasteiger partial charge is 0.379 e. The Morgan fingerprint density at radius 3 is 2.44 bits per heavy atom. The molecule has 1 atom stereocenters. The Morgan fingerprint density at radius 1 is 1.16 bits per heavy atom. The van der Waals surface area contributed by atoms with Crippen molar-refractivity contribution in [3.05, 3.63) is 35.9 Å². The Balaban J connectivity index is 0.00000312. The van der Waals surface area contributed by atoms with Crippen molar-refractivity contribution >= 4 is 29.9 Å². The van der Waals surface area contributed by atoms with E-state index in [2.05, 4.69) is 64.7 Å². The molecule has 0 bridgehead atoms. The summed E-state index contributed by atoms with van der Waals surface area (Å²) in [6.07, 6.45) is 0. The zero-order valence-electron chi connectivity index (χ0n) is 15.7. The van der Waals surface area contributed by atoms with Gasteiger partial charge < -0.3 is 15.4 Å². The third-order valence-corrected chi connectivity index (χ3v) is 4.57. The van der Waals surface area contributed by atoms with Gasteiger partial charge in [-0.2, -0.15) is 0 Å². The monoisotopic (exact) mass is 460 g/mol. The summed E-state index contributed by atoms with van der Waals surface area (Å²) < 4.78 is 5.38. The molecule has 1 saturated heterocycles. The van der Waals surface area contributed by atoms with Gasteiger partial charge >= 0.3 is 0 Å². The predicted octanol–water partition coefficient (Wildman–Crippen LogP) is 2.54. The molecule has 0 amide bonds. The predicted molar refractivity (Wildman–Crippen MR) is 116 cm³/mol. The summed E-state index contributed by atoms with van der Waals surface area (Å²) in [5, 5.41) is 6.90. The van der Waals surface area contributed by atoms with Crippen molar-refractivity contribution in [1.29, 1.82) is 0 Å². The van der Waals surface area contributed by atoms with Crippen LogP contribution in [-0.4, -0.2) is 63.8 Å². The van der Waals surface area contributed by atoms with Crippen molar-refractivity contribution in [1.82, 2.24) is 15.5 Å². The average molecular weight is 460 g/mol. The van der Waals surface area contributed by atoms with Crippen LogP contribution in [0.25, 0.3) is 0 Å². The second kappa shape index (κ2) is 12.5. The minimum Gasteiger partial charge on any atom is -0.379 e. The van der Waals surface area contributed by atoms with E-state index in [1.54, 1.807) is 0 Å². The maximum Gasteiger partial charge on any atom is 0.191 e. The zero-order chi connectivity index (χ0) is 17.2. The zero-order valence-corrected chi connectivity index (χ0v) is 18.0. The molecule has 1 unspecified atom stereocenters. The number of hydrogen-bond acceptors (Lipinski definition) is 3. The highest BCUT2D eigenvalue weighted by atomic mass is 127. The number of guanidine groups is 1. The highest BCUT2D eigenvalue weighted by molar-refractivity contribution is 14.0. The SMILES string of the molecule is CN=C(NCCN1CCOCC1)NCC(c1ccccc1)C(C)C.I. The molecule has 0 radical (unpaired) electrons. The van der Waals surface area contributed by atoms with Gasteiger partial charge in [-0.25, -0.2) is 0 Å². The molecule has 2 N–H and O–H groups in total. The Labute approximate surface area is 169 Å². The first-order valence-electron chi connectivity index (χ1n) is 9.00. The van der Waals surface area contributed by atoms with Gasteiger partial charge in [-0.1, -0.05) is 44.2 Å². The number of morpholine rings is 1. The van der Waals surface area contributed by atoms with Crippen molar-refractivity contribution in [3.63, 3.8) is 0 Å². The third-order valence-electron chi connectivity index (χ3n) is 4.57. The Bertz CT molecular complexity index is 489. The molecule has 142 valence electrons. The molecule has 2 rings (SSSR count). The van der Waals surface area contributed by atoms with Crippen LogP contribution in [0, 0.1) is 5.92 Å². The molecule has 5 nitrogen and oxygen atoms in total. The number of nitrogens with one attached hydrogen (secondary N) is 2. The summed E-state index contributed by atoms with van der Waals surface area (Å²) in [5.41, 5.74) is 1.38. The van der Waals surface area contributed by atoms with E-state index < -0.39 is 0 Å². The van der Waals surface area contributed by atoms with Crippen LogP contribution in [0.4, 0.5) is 0 Å². The fourth-order valence-electron chi connectivity index (χ4n) is 3.02. The molecule has 1 aliphatic heterocycles. The van der Waals surface area contributed by atoms with E-state index in [0.29, 0.717) is 11.8 Å².